The van der Waals surface area contributed by atoms with Gasteiger partial charge in [-0.2, -0.15) is 0 Å². The minimum atomic E-state index is -0.205. The Morgan fingerprint density at radius 2 is 2.24 bits per heavy atom. The van der Waals surface area contributed by atoms with Crippen molar-refractivity contribution < 1.29 is 9.53 Å². The molecule has 0 bridgehead atoms. The number of hydrogen-bond acceptors (Lipinski definition) is 3. The predicted octanol–water partition coefficient (Wildman–Crippen LogP) is 2.02. The van der Waals surface area contributed by atoms with Gasteiger partial charge >= 0.3 is 0 Å². The number of ether oxygens (including phenoxy) is 1. The highest BCUT2D eigenvalue weighted by atomic mass is 79.9. The van der Waals surface area contributed by atoms with Crippen LogP contribution in [-0.2, 0) is 4.79 Å². The minimum absolute atomic E-state index is 0.0242. The lowest BCUT2D eigenvalue weighted by atomic mass is 10.1. The fraction of sp³-hybridized carbons (Fsp3) is 0.417. The highest BCUT2D eigenvalue weighted by molar-refractivity contribution is 9.10. The topological polar surface area (TPSA) is 55.6 Å². The van der Waals surface area contributed by atoms with Gasteiger partial charge in [-0.1, -0.05) is 22.9 Å². The van der Waals surface area contributed by atoms with E-state index in [4.69, 9.17) is 10.5 Å². The number of benzene rings is 1. The first-order valence-electron chi connectivity index (χ1n) is 5.32. The molecule has 1 unspecified atom stereocenters. The Morgan fingerprint density at radius 1 is 1.59 bits per heavy atom. The van der Waals surface area contributed by atoms with Gasteiger partial charge in [0.15, 0.2) is 0 Å². The molecule has 17 heavy (non-hydrogen) atoms. The summed E-state index contributed by atoms with van der Waals surface area (Å²) in [6.45, 7) is 2.14. The first-order valence-corrected chi connectivity index (χ1v) is 6.11. The Labute approximate surface area is 110 Å². The van der Waals surface area contributed by atoms with Crippen molar-refractivity contribution in [2.24, 2.45) is 11.7 Å². The van der Waals surface area contributed by atoms with Crippen LogP contribution in [0.25, 0.3) is 0 Å². The van der Waals surface area contributed by atoms with Crippen LogP contribution in [-0.4, -0.2) is 26.6 Å². The summed E-state index contributed by atoms with van der Waals surface area (Å²) in [6, 6.07) is 5.53. The highest BCUT2D eigenvalue weighted by Gasteiger charge is 2.20. The molecular formula is C12H17BrN2O2. The molecule has 1 atom stereocenters. The molecular weight excluding hydrogens is 284 g/mol. The van der Waals surface area contributed by atoms with Crippen LogP contribution >= 0.6 is 15.9 Å². The molecule has 1 amide bonds. The van der Waals surface area contributed by atoms with E-state index in [1.54, 1.807) is 19.1 Å². The third-order valence-electron chi connectivity index (χ3n) is 2.61. The van der Waals surface area contributed by atoms with Gasteiger partial charge in [0.25, 0.3) is 0 Å². The molecule has 1 rings (SSSR count). The summed E-state index contributed by atoms with van der Waals surface area (Å²) < 4.78 is 6.14. The molecule has 0 radical (unpaired) electrons. The Kier molecular flexibility index (Phi) is 4.96. The monoisotopic (exact) mass is 300 g/mol. The van der Waals surface area contributed by atoms with E-state index in [-0.39, 0.29) is 11.8 Å². The van der Waals surface area contributed by atoms with E-state index in [9.17, 15) is 4.79 Å². The van der Waals surface area contributed by atoms with E-state index in [2.05, 4.69) is 15.9 Å². The molecule has 94 valence electrons. The van der Waals surface area contributed by atoms with E-state index in [1.165, 1.54) is 0 Å². The summed E-state index contributed by atoms with van der Waals surface area (Å²) in [5, 5.41) is 0. The van der Waals surface area contributed by atoms with E-state index in [0.29, 0.717) is 12.3 Å². The summed E-state index contributed by atoms with van der Waals surface area (Å²) >= 11 is 3.38. The summed E-state index contributed by atoms with van der Waals surface area (Å²) in [5.41, 5.74) is 6.23. The zero-order chi connectivity index (χ0) is 13.0. The van der Waals surface area contributed by atoms with Crippen LogP contribution in [0.5, 0.6) is 5.75 Å². The van der Waals surface area contributed by atoms with Crippen molar-refractivity contribution in [2.45, 2.75) is 6.92 Å². The number of carbonyl (C=O) groups is 1. The summed E-state index contributed by atoms with van der Waals surface area (Å²) in [4.78, 5) is 13.6. The Bertz CT molecular complexity index is 409. The average molecular weight is 301 g/mol. The number of methoxy groups -OCH3 is 1. The quantitative estimate of drug-likeness (QED) is 0.925. The van der Waals surface area contributed by atoms with Crippen LogP contribution in [0.2, 0.25) is 0 Å². The van der Waals surface area contributed by atoms with Crippen LogP contribution in [0.4, 0.5) is 5.69 Å². The first-order chi connectivity index (χ1) is 8.01. The maximum atomic E-state index is 12.0. The predicted molar refractivity (Wildman–Crippen MR) is 72.3 cm³/mol. The van der Waals surface area contributed by atoms with Gasteiger partial charge in [0.2, 0.25) is 5.91 Å². The van der Waals surface area contributed by atoms with Crippen LogP contribution < -0.4 is 15.4 Å². The lowest BCUT2D eigenvalue weighted by Crippen LogP contribution is -2.35. The number of anilines is 1. The molecule has 0 heterocycles. The second kappa shape index (κ2) is 6.02. The number of nitrogens with zero attached hydrogens (tertiary/aromatic N) is 1. The van der Waals surface area contributed by atoms with E-state index >= 15 is 0 Å². The number of halogens is 1. The molecule has 5 heteroatoms. The molecule has 2 N–H and O–H groups in total. The van der Waals surface area contributed by atoms with Crippen LogP contribution in [0.3, 0.4) is 0 Å². The molecule has 0 aromatic heterocycles. The second-order valence-electron chi connectivity index (χ2n) is 3.85. The third-order valence-corrected chi connectivity index (χ3v) is 3.10. The normalized spacial score (nSPS) is 12.1. The molecule has 0 aliphatic rings. The first kappa shape index (κ1) is 14.0. The summed E-state index contributed by atoms with van der Waals surface area (Å²) in [7, 11) is 3.30. The van der Waals surface area contributed by atoms with Crippen LogP contribution in [0.1, 0.15) is 6.92 Å². The maximum absolute atomic E-state index is 12.0. The molecule has 4 nitrogen and oxygen atoms in total. The van der Waals surface area contributed by atoms with Gasteiger partial charge in [-0.15, -0.1) is 0 Å². The van der Waals surface area contributed by atoms with Gasteiger partial charge in [-0.05, 0) is 18.2 Å². The zero-order valence-electron chi connectivity index (χ0n) is 10.2. The number of rotatable bonds is 4. The van der Waals surface area contributed by atoms with Crippen molar-refractivity contribution in [1.29, 1.82) is 0 Å². The van der Waals surface area contributed by atoms with Crippen molar-refractivity contribution in [1.82, 2.24) is 0 Å². The summed E-state index contributed by atoms with van der Waals surface area (Å²) in [5.74, 6) is 0.431. The van der Waals surface area contributed by atoms with Gasteiger partial charge in [-0.25, -0.2) is 0 Å². The fourth-order valence-corrected chi connectivity index (χ4v) is 1.82. The standard InChI is InChI=1S/C12H17BrN2O2/c1-8(7-14)12(16)15(2)10-6-9(13)4-5-11(10)17-3/h4-6,8H,7,14H2,1-3H3. The van der Waals surface area contributed by atoms with Crippen LogP contribution in [0, 0.1) is 5.92 Å². The van der Waals surface area contributed by atoms with Gasteiger partial charge in [-0.3, -0.25) is 4.79 Å². The van der Waals surface area contributed by atoms with Gasteiger partial charge < -0.3 is 15.4 Å². The van der Waals surface area contributed by atoms with Crippen molar-refractivity contribution in [2.75, 3.05) is 25.6 Å². The molecule has 1 aromatic carbocycles. The smallest absolute Gasteiger partial charge is 0.230 e. The summed E-state index contributed by atoms with van der Waals surface area (Å²) in [6.07, 6.45) is 0. The van der Waals surface area contributed by atoms with Crippen molar-refractivity contribution in [3.05, 3.63) is 22.7 Å². The molecule has 1 aromatic rings. The molecule has 0 aliphatic heterocycles. The Balaban J connectivity index is 3.06. The van der Waals surface area contributed by atoms with E-state index in [0.717, 1.165) is 10.2 Å². The number of hydrogen-bond donors (Lipinski definition) is 1. The second-order valence-corrected chi connectivity index (χ2v) is 4.77. The number of amides is 1. The molecule has 0 fully saturated rings. The molecule has 0 saturated carbocycles. The van der Waals surface area contributed by atoms with Crippen molar-refractivity contribution >= 4 is 27.5 Å². The maximum Gasteiger partial charge on any atom is 0.230 e. The lowest BCUT2D eigenvalue weighted by Gasteiger charge is -2.22. The third kappa shape index (κ3) is 3.20. The zero-order valence-corrected chi connectivity index (χ0v) is 11.8. The van der Waals surface area contributed by atoms with Crippen LogP contribution in [0.15, 0.2) is 22.7 Å². The van der Waals surface area contributed by atoms with E-state index < -0.39 is 0 Å². The van der Waals surface area contributed by atoms with E-state index in [1.807, 2.05) is 25.1 Å². The van der Waals surface area contributed by atoms with Gasteiger partial charge in [0, 0.05) is 24.0 Å². The fourth-order valence-electron chi connectivity index (χ4n) is 1.48. The van der Waals surface area contributed by atoms with Crippen molar-refractivity contribution in [3.8, 4) is 5.75 Å². The molecule has 0 aliphatic carbocycles. The minimum Gasteiger partial charge on any atom is -0.495 e. The Morgan fingerprint density at radius 3 is 2.76 bits per heavy atom. The Hall–Kier alpha value is -1.07. The number of carbonyl (C=O) groups excluding carboxylic acids is 1. The van der Waals surface area contributed by atoms with Gasteiger partial charge in [0.1, 0.15) is 5.75 Å². The number of nitrogens with two attached hydrogens (primary N) is 1. The average Bonchev–Trinajstić information content (AvgIpc) is 2.35. The highest BCUT2D eigenvalue weighted by Crippen LogP contribution is 2.31. The van der Waals surface area contributed by atoms with Crippen molar-refractivity contribution in [3.63, 3.8) is 0 Å². The molecule has 0 saturated heterocycles. The van der Waals surface area contributed by atoms with Gasteiger partial charge in [0.05, 0.1) is 12.8 Å². The SMILES string of the molecule is COc1ccc(Br)cc1N(C)C(=O)C(C)CN. The molecule has 0 spiro atoms. The lowest BCUT2D eigenvalue weighted by molar-refractivity contribution is -0.121. The largest absolute Gasteiger partial charge is 0.495 e.